The van der Waals surface area contributed by atoms with E-state index < -0.39 is 0 Å². The van der Waals surface area contributed by atoms with Crippen LogP contribution in [0.1, 0.15) is 0 Å². The van der Waals surface area contributed by atoms with Crippen molar-refractivity contribution in [1.82, 2.24) is 14.6 Å². The van der Waals surface area contributed by atoms with E-state index in [9.17, 15) is 0 Å². The third kappa shape index (κ3) is 2.22. The van der Waals surface area contributed by atoms with Crippen LogP contribution in [0.2, 0.25) is 5.02 Å². The highest BCUT2D eigenvalue weighted by Gasteiger charge is 2.12. The SMILES string of the molecule is Clc1ccccc1-c1cn2nc(-c3ccccc3)sc2n1. The van der Waals surface area contributed by atoms with Crippen molar-refractivity contribution >= 4 is 27.9 Å². The zero-order valence-electron chi connectivity index (χ0n) is 10.9. The van der Waals surface area contributed by atoms with Crippen LogP contribution in [-0.2, 0) is 0 Å². The molecule has 0 aliphatic carbocycles. The second-order valence-corrected chi connectivity index (χ2v) is 5.97. The number of fused-ring (bicyclic) bond motifs is 1. The molecular weight excluding hydrogens is 302 g/mol. The first-order valence-electron chi connectivity index (χ1n) is 6.48. The minimum atomic E-state index is 0.700. The van der Waals surface area contributed by atoms with Gasteiger partial charge in [0.15, 0.2) is 0 Å². The lowest BCUT2D eigenvalue weighted by molar-refractivity contribution is 0.978. The lowest BCUT2D eigenvalue weighted by atomic mass is 10.2. The van der Waals surface area contributed by atoms with E-state index in [0.29, 0.717) is 5.02 Å². The number of benzene rings is 2. The van der Waals surface area contributed by atoms with E-state index in [1.807, 2.05) is 65.3 Å². The van der Waals surface area contributed by atoms with E-state index >= 15 is 0 Å². The largest absolute Gasteiger partial charge is 0.217 e. The molecule has 0 N–H and O–H groups in total. The molecule has 21 heavy (non-hydrogen) atoms. The molecule has 4 rings (SSSR count). The van der Waals surface area contributed by atoms with Crippen LogP contribution in [0.4, 0.5) is 0 Å². The van der Waals surface area contributed by atoms with Gasteiger partial charge in [-0.2, -0.15) is 5.10 Å². The minimum Gasteiger partial charge on any atom is -0.217 e. The van der Waals surface area contributed by atoms with Crippen molar-refractivity contribution < 1.29 is 0 Å². The molecule has 0 saturated carbocycles. The number of nitrogens with zero attached hydrogens (tertiary/aromatic N) is 3. The van der Waals surface area contributed by atoms with E-state index in [1.165, 1.54) is 0 Å². The average molecular weight is 312 g/mol. The van der Waals surface area contributed by atoms with Crippen LogP contribution < -0.4 is 0 Å². The van der Waals surface area contributed by atoms with Crippen LogP contribution in [0.25, 0.3) is 26.8 Å². The summed E-state index contributed by atoms with van der Waals surface area (Å²) in [5.74, 6) is 0. The molecule has 0 aliphatic heterocycles. The third-order valence-corrected chi connectivity index (χ3v) is 4.51. The number of hydrogen-bond acceptors (Lipinski definition) is 3. The first-order valence-corrected chi connectivity index (χ1v) is 7.67. The molecule has 2 aromatic carbocycles. The van der Waals surface area contributed by atoms with Gasteiger partial charge in [-0.3, -0.25) is 0 Å². The number of rotatable bonds is 2. The quantitative estimate of drug-likeness (QED) is 0.533. The normalized spacial score (nSPS) is 11.1. The van der Waals surface area contributed by atoms with Gasteiger partial charge in [0.05, 0.1) is 16.9 Å². The monoisotopic (exact) mass is 311 g/mol. The molecule has 0 saturated heterocycles. The Morgan fingerprint density at radius 3 is 2.48 bits per heavy atom. The van der Waals surface area contributed by atoms with Crippen LogP contribution in [0.5, 0.6) is 0 Å². The van der Waals surface area contributed by atoms with Gasteiger partial charge < -0.3 is 0 Å². The fraction of sp³-hybridized carbons (Fsp3) is 0. The van der Waals surface area contributed by atoms with Gasteiger partial charge in [-0.15, -0.1) is 0 Å². The molecule has 0 spiro atoms. The maximum atomic E-state index is 6.21. The lowest BCUT2D eigenvalue weighted by Gasteiger charge is -1.98. The van der Waals surface area contributed by atoms with Crippen molar-refractivity contribution in [3.63, 3.8) is 0 Å². The zero-order chi connectivity index (χ0) is 14.2. The summed E-state index contributed by atoms with van der Waals surface area (Å²) < 4.78 is 1.81. The highest BCUT2D eigenvalue weighted by molar-refractivity contribution is 7.19. The molecule has 0 fully saturated rings. The van der Waals surface area contributed by atoms with Gasteiger partial charge in [0.1, 0.15) is 5.01 Å². The molecule has 4 aromatic rings. The summed E-state index contributed by atoms with van der Waals surface area (Å²) in [6.45, 7) is 0. The first kappa shape index (κ1) is 12.6. The Hall–Kier alpha value is -2.17. The predicted octanol–water partition coefficient (Wildman–Crippen LogP) is 4.78. The Morgan fingerprint density at radius 1 is 0.952 bits per heavy atom. The Labute approximate surface area is 130 Å². The summed E-state index contributed by atoms with van der Waals surface area (Å²) in [5.41, 5.74) is 2.88. The van der Waals surface area contributed by atoms with Crippen LogP contribution in [0, 0.1) is 0 Å². The van der Waals surface area contributed by atoms with Crippen molar-refractivity contribution in [1.29, 1.82) is 0 Å². The van der Waals surface area contributed by atoms with Gasteiger partial charge in [-0.05, 0) is 6.07 Å². The molecule has 2 heterocycles. The number of aromatic nitrogens is 3. The molecule has 0 radical (unpaired) electrons. The molecule has 0 aliphatic rings. The van der Waals surface area contributed by atoms with Crippen molar-refractivity contribution in [3.8, 4) is 21.8 Å². The van der Waals surface area contributed by atoms with Crippen LogP contribution in [0.15, 0.2) is 60.8 Å². The van der Waals surface area contributed by atoms with E-state index in [0.717, 1.165) is 26.8 Å². The molecule has 0 amide bonds. The fourth-order valence-corrected chi connectivity index (χ4v) is 3.32. The summed E-state index contributed by atoms with van der Waals surface area (Å²) in [6, 6.07) is 17.8. The second kappa shape index (κ2) is 4.98. The van der Waals surface area contributed by atoms with Crippen molar-refractivity contribution in [2.75, 3.05) is 0 Å². The predicted molar refractivity (Wildman–Crippen MR) is 86.7 cm³/mol. The van der Waals surface area contributed by atoms with Crippen LogP contribution >= 0.6 is 22.9 Å². The van der Waals surface area contributed by atoms with Gasteiger partial charge >= 0.3 is 0 Å². The lowest BCUT2D eigenvalue weighted by Crippen LogP contribution is -1.82. The Morgan fingerprint density at radius 2 is 1.71 bits per heavy atom. The maximum absolute atomic E-state index is 6.21. The Kier molecular flexibility index (Phi) is 2.98. The van der Waals surface area contributed by atoms with Crippen molar-refractivity contribution in [2.45, 2.75) is 0 Å². The third-order valence-electron chi connectivity index (χ3n) is 3.21. The van der Waals surface area contributed by atoms with E-state index in [-0.39, 0.29) is 0 Å². The molecule has 0 bridgehead atoms. The summed E-state index contributed by atoms with van der Waals surface area (Å²) in [5, 5.41) is 6.25. The van der Waals surface area contributed by atoms with Crippen LogP contribution in [0.3, 0.4) is 0 Å². The topological polar surface area (TPSA) is 30.2 Å². The molecule has 2 aromatic heterocycles. The smallest absolute Gasteiger partial charge is 0.213 e. The van der Waals surface area contributed by atoms with Gasteiger partial charge in [-0.1, -0.05) is 71.5 Å². The van der Waals surface area contributed by atoms with Crippen molar-refractivity contribution in [2.24, 2.45) is 0 Å². The standard InChI is InChI=1S/C16H10ClN3S/c17-13-9-5-4-8-12(13)14-10-20-16(18-14)21-15(19-20)11-6-2-1-3-7-11/h1-10H. The van der Waals surface area contributed by atoms with Gasteiger partial charge in [0, 0.05) is 11.1 Å². The molecule has 5 heteroatoms. The Balaban J connectivity index is 1.80. The highest BCUT2D eigenvalue weighted by atomic mass is 35.5. The van der Waals surface area contributed by atoms with Gasteiger partial charge in [-0.25, -0.2) is 9.50 Å². The molecule has 0 unspecified atom stereocenters. The summed E-state index contributed by atoms with van der Waals surface area (Å²) >= 11 is 7.78. The average Bonchev–Trinajstić information content (AvgIpc) is 3.07. The van der Waals surface area contributed by atoms with Gasteiger partial charge in [0.2, 0.25) is 4.96 Å². The van der Waals surface area contributed by atoms with E-state index in [4.69, 9.17) is 11.6 Å². The highest BCUT2D eigenvalue weighted by Crippen LogP contribution is 2.30. The number of halogens is 1. The fourth-order valence-electron chi connectivity index (χ4n) is 2.20. The minimum absolute atomic E-state index is 0.700. The molecular formula is C16H10ClN3S. The molecule has 0 atom stereocenters. The summed E-state index contributed by atoms with van der Waals surface area (Å²) in [7, 11) is 0. The zero-order valence-corrected chi connectivity index (χ0v) is 12.5. The molecule has 102 valence electrons. The summed E-state index contributed by atoms with van der Waals surface area (Å²) in [6.07, 6.45) is 1.92. The maximum Gasteiger partial charge on any atom is 0.213 e. The second-order valence-electron chi connectivity index (χ2n) is 4.61. The van der Waals surface area contributed by atoms with Crippen molar-refractivity contribution in [3.05, 3.63) is 65.8 Å². The van der Waals surface area contributed by atoms with Gasteiger partial charge in [0.25, 0.3) is 0 Å². The Bertz CT molecular complexity index is 880. The molecule has 3 nitrogen and oxygen atoms in total. The number of hydrogen-bond donors (Lipinski definition) is 0. The number of imidazole rings is 1. The van der Waals surface area contributed by atoms with E-state index in [1.54, 1.807) is 11.3 Å². The van der Waals surface area contributed by atoms with Crippen LogP contribution in [-0.4, -0.2) is 14.6 Å². The first-order chi connectivity index (χ1) is 10.3. The summed E-state index contributed by atoms with van der Waals surface area (Å²) in [4.78, 5) is 5.49. The van der Waals surface area contributed by atoms with E-state index in [2.05, 4.69) is 10.1 Å².